The van der Waals surface area contributed by atoms with Gasteiger partial charge in [0.25, 0.3) is 0 Å². The van der Waals surface area contributed by atoms with E-state index in [1.54, 1.807) is 26.8 Å². The van der Waals surface area contributed by atoms with E-state index in [-0.39, 0.29) is 11.4 Å². The summed E-state index contributed by atoms with van der Waals surface area (Å²) in [5.74, 6) is -0.159. The van der Waals surface area contributed by atoms with Crippen molar-refractivity contribution in [3.05, 3.63) is 11.8 Å². The van der Waals surface area contributed by atoms with Crippen molar-refractivity contribution in [1.82, 2.24) is 9.78 Å². The fourth-order valence-corrected chi connectivity index (χ4v) is 0.972. The van der Waals surface area contributed by atoms with E-state index in [0.29, 0.717) is 0 Å². The zero-order chi connectivity index (χ0) is 13.1. The predicted molar refractivity (Wildman–Crippen MR) is 56.4 cm³/mol. The lowest BCUT2D eigenvalue weighted by Crippen LogP contribution is -2.27. The lowest BCUT2D eigenvalue weighted by molar-refractivity contribution is 0.0515. The summed E-state index contributed by atoms with van der Waals surface area (Å²) < 4.78 is 5.85. The van der Waals surface area contributed by atoms with Crippen LogP contribution in [-0.4, -0.2) is 27.6 Å². The molecule has 88 valence electrons. The number of hydrogen-bond acceptors (Lipinski definition) is 6. The van der Waals surface area contributed by atoms with Crippen LogP contribution in [0.1, 0.15) is 26.3 Å². The maximum absolute atomic E-state index is 11.6. The lowest BCUT2D eigenvalue weighted by Gasteiger charge is -2.18. The van der Waals surface area contributed by atoms with Crippen LogP contribution in [0.3, 0.4) is 0 Å². The summed E-state index contributed by atoms with van der Waals surface area (Å²) in [6.45, 7) is 5.10. The van der Waals surface area contributed by atoms with Gasteiger partial charge in [-0.2, -0.15) is 9.94 Å². The summed E-state index contributed by atoms with van der Waals surface area (Å²) in [5.41, 5.74) is -0.677. The second-order valence-corrected chi connectivity index (χ2v) is 4.11. The van der Waals surface area contributed by atoms with Gasteiger partial charge in [0.1, 0.15) is 17.2 Å². The zero-order valence-corrected chi connectivity index (χ0v) is 9.59. The van der Waals surface area contributed by atoms with Crippen molar-refractivity contribution in [3.8, 4) is 6.07 Å². The van der Waals surface area contributed by atoms with Crippen LogP contribution < -0.4 is 0 Å². The Kier molecular flexibility index (Phi) is 3.41. The number of carbonyl (C=O) groups excluding carboxylic acids is 2. The number of aliphatic imine (C=N–C) groups is 1. The van der Waals surface area contributed by atoms with Gasteiger partial charge >= 0.3 is 6.09 Å². The summed E-state index contributed by atoms with van der Waals surface area (Å²) in [5, 5.41) is 12.4. The average Bonchev–Trinajstić information content (AvgIpc) is 2.59. The van der Waals surface area contributed by atoms with Crippen LogP contribution >= 0.6 is 0 Å². The highest BCUT2D eigenvalue weighted by atomic mass is 16.6. The predicted octanol–water partition coefficient (Wildman–Crippen LogP) is 1.51. The molecule has 0 atom stereocenters. The summed E-state index contributed by atoms with van der Waals surface area (Å²) in [4.78, 5) is 24.9. The van der Waals surface area contributed by atoms with E-state index in [1.165, 1.54) is 6.08 Å². The molecule has 0 saturated heterocycles. The van der Waals surface area contributed by atoms with Gasteiger partial charge in [-0.05, 0) is 20.8 Å². The number of carbonyl (C=O) groups is 1. The minimum atomic E-state index is -0.749. The molecule has 0 N–H and O–H groups in total. The van der Waals surface area contributed by atoms with Gasteiger partial charge in [0.05, 0.1) is 6.20 Å². The average molecular weight is 234 g/mol. The highest BCUT2D eigenvalue weighted by molar-refractivity contribution is 5.71. The van der Waals surface area contributed by atoms with E-state index >= 15 is 0 Å². The van der Waals surface area contributed by atoms with Gasteiger partial charge in [0, 0.05) is 0 Å². The van der Waals surface area contributed by atoms with Gasteiger partial charge in [-0.1, -0.05) is 0 Å². The second-order valence-electron chi connectivity index (χ2n) is 4.11. The standard InChI is InChI=1S/C10H10N4O3/c1-10(2,3)17-9(16)14-5-7(4-11)8(13-14)12-6-15/h5H,1-3H3. The number of isocyanates is 1. The molecule has 0 spiro atoms. The molecule has 0 radical (unpaired) electrons. The number of ether oxygens (including phenoxy) is 1. The zero-order valence-electron chi connectivity index (χ0n) is 9.59. The molecule has 1 aromatic rings. The van der Waals surface area contributed by atoms with Crippen molar-refractivity contribution in [2.75, 3.05) is 0 Å². The first kappa shape index (κ1) is 12.6. The molecule has 0 bridgehead atoms. The van der Waals surface area contributed by atoms with E-state index < -0.39 is 11.7 Å². The largest absolute Gasteiger partial charge is 0.442 e. The third-order valence-electron chi connectivity index (χ3n) is 1.55. The van der Waals surface area contributed by atoms with E-state index in [4.69, 9.17) is 10.00 Å². The first-order valence-corrected chi connectivity index (χ1v) is 4.68. The highest BCUT2D eigenvalue weighted by Gasteiger charge is 2.20. The number of rotatable bonds is 1. The Hall–Kier alpha value is -2.45. The van der Waals surface area contributed by atoms with Crippen molar-refractivity contribution >= 4 is 18.0 Å². The van der Waals surface area contributed by atoms with Crippen LogP contribution in [0.5, 0.6) is 0 Å². The molecular formula is C10H10N4O3. The topological polar surface area (TPSA) is 97.3 Å². The Morgan fingerprint density at radius 1 is 1.59 bits per heavy atom. The molecule has 0 aliphatic carbocycles. The molecule has 7 heteroatoms. The van der Waals surface area contributed by atoms with Crippen molar-refractivity contribution < 1.29 is 14.3 Å². The molecular weight excluding hydrogens is 224 g/mol. The van der Waals surface area contributed by atoms with Crippen LogP contribution in [0.2, 0.25) is 0 Å². The van der Waals surface area contributed by atoms with Crippen molar-refractivity contribution in [1.29, 1.82) is 5.26 Å². The summed E-state index contributed by atoms with van der Waals surface area (Å²) in [7, 11) is 0. The number of hydrogen-bond donors (Lipinski definition) is 0. The number of nitriles is 1. The molecule has 0 amide bonds. The maximum atomic E-state index is 11.6. The van der Waals surface area contributed by atoms with Gasteiger partial charge in [0.2, 0.25) is 11.9 Å². The van der Waals surface area contributed by atoms with Crippen molar-refractivity contribution in [3.63, 3.8) is 0 Å². The molecule has 1 heterocycles. The first-order chi connectivity index (χ1) is 7.87. The van der Waals surface area contributed by atoms with Crippen LogP contribution in [0.25, 0.3) is 0 Å². The Bertz CT molecular complexity index is 527. The summed E-state index contributed by atoms with van der Waals surface area (Å²) >= 11 is 0. The van der Waals surface area contributed by atoms with E-state index in [9.17, 15) is 9.59 Å². The van der Waals surface area contributed by atoms with E-state index in [0.717, 1.165) is 10.9 Å². The van der Waals surface area contributed by atoms with Gasteiger partial charge < -0.3 is 4.74 Å². The Labute approximate surface area is 97.3 Å². The third kappa shape index (κ3) is 3.26. The van der Waals surface area contributed by atoms with Crippen molar-refractivity contribution in [2.45, 2.75) is 26.4 Å². The minimum absolute atomic E-state index is 0.000732. The molecule has 7 nitrogen and oxygen atoms in total. The molecule has 0 aromatic carbocycles. The van der Waals surface area contributed by atoms with Crippen LogP contribution in [0, 0.1) is 11.3 Å². The van der Waals surface area contributed by atoms with Gasteiger partial charge in [0.15, 0.2) is 0 Å². The lowest BCUT2D eigenvalue weighted by atomic mass is 10.2. The molecule has 1 rings (SSSR count). The monoisotopic (exact) mass is 234 g/mol. The highest BCUT2D eigenvalue weighted by Crippen LogP contribution is 2.16. The van der Waals surface area contributed by atoms with Gasteiger partial charge in [-0.15, -0.1) is 10.1 Å². The van der Waals surface area contributed by atoms with E-state index in [1.807, 2.05) is 0 Å². The second kappa shape index (κ2) is 4.60. The third-order valence-corrected chi connectivity index (χ3v) is 1.55. The van der Waals surface area contributed by atoms with Crippen LogP contribution in [0.4, 0.5) is 10.6 Å². The SMILES string of the molecule is CC(C)(C)OC(=O)n1cc(C#N)c(N=C=O)n1. The molecule has 0 aliphatic rings. The number of nitrogens with zero attached hydrogens (tertiary/aromatic N) is 4. The van der Waals surface area contributed by atoms with Crippen molar-refractivity contribution in [2.24, 2.45) is 4.99 Å². The van der Waals surface area contributed by atoms with Gasteiger partial charge in [-0.3, -0.25) is 0 Å². The molecule has 0 saturated carbocycles. The van der Waals surface area contributed by atoms with Gasteiger partial charge in [-0.25, -0.2) is 9.59 Å². The number of aromatic nitrogens is 2. The quantitative estimate of drug-likeness (QED) is 0.541. The fourth-order valence-electron chi connectivity index (χ4n) is 0.972. The Morgan fingerprint density at radius 2 is 2.24 bits per heavy atom. The summed E-state index contributed by atoms with van der Waals surface area (Å²) in [6.07, 6.45) is 1.65. The first-order valence-electron chi connectivity index (χ1n) is 4.68. The maximum Gasteiger partial charge on any atom is 0.435 e. The summed E-state index contributed by atoms with van der Waals surface area (Å²) in [6, 6.07) is 1.75. The van der Waals surface area contributed by atoms with Crippen LogP contribution in [-0.2, 0) is 9.53 Å². The van der Waals surface area contributed by atoms with E-state index in [2.05, 4.69) is 10.1 Å². The smallest absolute Gasteiger partial charge is 0.435 e. The fraction of sp³-hybridized carbons (Fsp3) is 0.400. The minimum Gasteiger partial charge on any atom is -0.442 e. The molecule has 0 aliphatic heterocycles. The molecule has 0 unspecified atom stereocenters. The molecule has 1 aromatic heterocycles. The molecule has 0 fully saturated rings. The Balaban J connectivity index is 3.05. The normalized spacial score (nSPS) is 10.2. The Morgan fingerprint density at radius 3 is 2.71 bits per heavy atom. The molecule has 17 heavy (non-hydrogen) atoms. The van der Waals surface area contributed by atoms with Crippen LogP contribution in [0.15, 0.2) is 11.2 Å².